The number of methoxy groups -OCH3 is 1. The zero-order valence-corrected chi connectivity index (χ0v) is 7.20. The van der Waals surface area contributed by atoms with E-state index in [4.69, 9.17) is 14.6 Å². The Bertz CT molecular complexity index is 143. The van der Waals surface area contributed by atoms with Crippen molar-refractivity contribution in [3.05, 3.63) is 0 Å². The zero-order valence-electron chi connectivity index (χ0n) is 7.20. The van der Waals surface area contributed by atoms with Crippen LogP contribution in [-0.2, 0) is 9.47 Å². The van der Waals surface area contributed by atoms with Crippen LogP contribution in [0.4, 0.5) is 0 Å². The zero-order chi connectivity index (χ0) is 10.0. The van der Waals surface area contributed by atoms with E-state index in [1.54, 1.807) is 0 Å². The van der Waals surface area contributed by atoms with Crippen molar-refractivity contribution in [2.75, 3.05) is 13.7 Å². The standard InChI is InChI=1S/C7H14O6/c1-12-7-6(11)5(10)4(9)3(2-8)13-7/h3-11H,2H2,1H3/t3-,4-,5-,6-,7+/m1/s1. The lowest BCUT2D eigenvalue weighted by atomic mass is 9.99. The topological polar surface area (TPSA) is 99.4 Å². The second-order valence-corrected chi connectivity index (χ2v) is 2.93. The molecule has 6 heteroatoms. The van der Waals surface area contributed by atoms with E-state index in [0.29, 0.717) is 0 Å². The van der Waals surface area contributed by atoms with Crippen LogP contribution in [0, 0.1) is 0 Å². The van der Waals surface area contributed by atoms with Crippen LogP contribution < -0.4 is 0 Å². The number of hydrogen-bond donors (Lipinski definition) is 4. The summed E-state index contributed by atoms with van der Waals surface area (Å²) in [6.45, 7) is -0.440. The van der Waals surface area contributed by atoms with E-state index < -0.39 is 37.3 Å². The minimum atomic E-state index is -1.36. The molecule has 0 saturated carbocycles. The van der Waals surface area contributed by atoms with Gasteiger partial charge >= 0.3 is 0 Å². The quantitative estimate of drug-likeness (QED) is 0.386. The first kappa shape index (κ1) is 10.8. The van der Waals surface area contributed by atoms with E-state index in [-0.39, 0.29) is 0 Å². The van der Waals surface area contributed by atoms with Gasteiger partial charge in [-0.15, -0.1) is 0 Å². The highest BCUT2D eigenvalue weighted by molar-refractivity contribution is 4.88. The molecule has 1 aliphatic heterocycles. The summed E-state index contributed by atoms with van der Waals surface area (Å²) >= 11 is 0. The molecular weight excluding hydrogens is 180 g/mol. The summed E-state index contributed by atoms with van der Waals surface area (Å²) < 4.78 is 9.65. The van der Waals surface area contributed by atoms with Gasteiger partial charge in [-0.1, -0.05) is 0 Å². The molecule has 1 heterocycles. The van der Waals surface area contributed by atoms with Gasteiger partial charge in [-0.05, 0) is 0 Å². The van der Waals surface area contributed by atoms with Gasteiger partial charge in [0.15, 0.2) is 6.29 Å². The molecule has 13 heavy (non-hydrogen) atoms. The molecule has 0 unspecified atom stereocenters. The van der Waals surface area contributed by atoms with E-state index >= 15 is 0 Å². The molecule has 0 aliphatic carbocycles. The van der Waals surface area contributed by atoms with Gasteiger partial charge in [-0.25, -0.2) is 0 Å². The van der Waals surface area contributed by atoms with Gasteiger partial charge in [0.05, 0.1) is 6.61 Å². The Morgan fingerprint density at radius 2 is 1.77 bits per heavy atom. The lowest BCUT2D eigenvalue weighted by Crippen LogP contribution is -2.58. The maximum absolute atomic E-state index is 9.28. The smallest absolute Gasteiger partial charge is 0.186 e. The number of aliphatic hydroxyl groups excluding tert-OH is 4. The Labute approximate surface area is 75.3 Å². The minimum absolute atomic E-state index is 0.440. The van der Waals surface area contributed by atoms with Crippen molar-refractivity contribution in [1.82, 2.24) is 0 Å². The maximum Gasteiger partial charge on any atom is 0.186 e. The minimum Gasteiger partial charge on any atom is -0.394 e. The normalized spacial score (nSPS) is 46.4. The molecule has 5 atom stereocenters. The third kappa shape index (κ3) is 1.98. The Morgan fingerprint density at radius 1 is 1.15 bits per heavy atom. The number of rotatable bonds is 2. The fourth-order valence-corrected chi connectivity index (χ4v) is 1.26. The largest absolute Gasteiger partial charge is 0.394 e. The lowest BCUT2D eigenvalue weighted by Gasteiger charge is -2.38. The van der Waals surface area contributed by atoms with Crippen molar-refractivity contribution in [2.24, 2.45) is 0 Å². The summed E-state index contributed by atoms with van der Waals surface area (Å²) in [7, 11) is 1.30. The van der Waals surface area contributed by atoms with Crippen molar-refractivity contribution in [3.63, 3.8) is 0 Å². The second kappa shape index (κ2) is 4.32. The van der Waals surface area contributed by atoms with E-state index in [1.807, 2.05) is 0 Å². The molecule has 0 spiro atoms. The highest BCUT2D eigenvalue weighted by Crippen LogP contribution is 2.20. The van der Waals surface area contributed by atoms with Gasteiger partial charge in [0, 0.05) is 7.11 Å². The van der Waals surface area contributed by atoms with E-state index in [9.17, 15) is 15.3 Å². The summed E-state index contributed by atoms with van der Waals surface area (Å²) in [6, 6.07) is 0. The van der Waals surface area contributed by atoms with Crippen molar-refractivity contribution in [1.29, 1.82) is 0 Å². The average molecular weight is 194 g/mol. The molecule has 0 aromatic rings. The first-order chi connectivity index (χ1) is 6.11. The summed E-state index contributed by atoms with van der Waals surface area (Å²) in [5, 5.41) is 36.6. The molecule has 1 saturated heterocycles. The summed E-state index contributed by atoms with van der Waals surface area (Å²) in [4.78, 5) is 0. The van der Waals surface area contributed by atoms with Gasteiger partial charge in [-0.2, -0.15) is 0 Å². The summed E-state index contributed by atoms with van der Waals surface area (Å²) in [5.41, 5.74) is 0. The fraction of sp³-hybridized carbons (Fsp3) is 1.00. The monoisotopic (exact) mass is 194 g/mol. The average Bonchev–Trinajstić information content (AvgIpc) is 2.15. The van der Waals surface area contributed by atoms with Gasteiger partial charge in [-0.3, -0.25) is 0 Å². The van der Waals surface area contributed by atoms with Crippen LogP contribution in [0.25, 0.3) is 0 Å². The first-order valence-corrected chi connectivity index (χ1v) is 3.95. The van der Waals surface area contributed by atoms with Crippen LogP contribution in [0.1, 0.15) is 0 Å². The molecule has 0 amide bonds. The van der Waals surface area contributed by atoms with Crippen LogP contribution in [-0.4, -0.2) is 64.8 Å². The number of ether oxygens (including phenoxy) is 2. The predicted octanol–water partition coefficient (Wildman–Crippen LogP) is -2.57. The van der Waals surface area contributed by atoms with Crippen molar-refractivity contribution in [3.8, 4) is 0 Å². The molecule has 1 rings (SSSR count). The first-order valence-electron chi connectivity index (χ1n) is 3.95. The number of aliphatic hydroxyl groups is 4. The molecule has 6 nitrogen and oxygen atoms in total. The second-order valence-electron chi connectivity index (χ2n) is 2.93. The van der Waals surface area contributed by atoms with Crippen LogP contribution in [0.3, 0.4) is 0 Å². The van der Waals surface area contributed by atoms with Crippen LogP contribution in [0.2, 0.25) is 0 Å². The van der Waals surface area contributed by atoms with Crippen molar-refractivity contribution < 1.29 is 29.9 Å². The number of hydrogen-bond acceptors (Lipinski definition) is 6. The highest BCUT2D eigenvalue weighted by Gasteiger charge is 2.43. The lowest BCUT2D eigenvalue weighted by molar-refractivity contribution is -0.294. The van der Waals surface area contributed by atoms with E-state index in [1.165, 1.54) is 7.11 Å². The molecule has 0 bridgehead atoms. The SMILES string of the molecule is CO[C@H]1O[C@H](CO)[C@@H](O)[C@@H](O)[C@H]1O. The molecule has 78 valence electrons. The van der Waals surface area contributed by atoms with E-state index in [0.717, 1.165) is 0 Å². The maximum atomic E-state index is 9.28. The molecular formula is C7H14O6. The van der Waals surface area contributed by atoms with Crippen molar-refractivity contribution >= 4 is 0 Å². The van der Waals surface area contributed by atoms with Crippen molar-refractivity contribution in [2.45, 2.75) is 30.7 Å². The summed E-state index contributed by atoms with van der Waals surface area (Å²) in [6.07, 6.45) is -5.91. The molecule has 0 aromatic heterocycles. The van der Waals surface area contributed by atoms with Gasteiger partial charge in [0.25, 0.3) is 0 Å². The van der Waals surface area contributed by atoms with Gasteiger partial charge in [0.2, 0.25) is 0 Å². The summed E-state index contributed by atoms with van der Waals surface area (Å²) in [5.74, 6) is 0. The molecule has 1 fully saturated rings. The molecule has 1 aliphatic rings. The van der Waals surface area contributed by atoms with Crippen LogP contribution in [0.15, 0.2) is 0 Å². The predicted molar refractivity (Wildman–Crippen MR) is 40.8 cm³/mol. The molecule has 0 radical (unpaired) electrons. The Morgan fingerprint density at radius 3 is 2.23 bits per heavy atom. The Hall–Kier alpha value is -0.240. The van der Waals surface area contributed by atoms with Crippen LogP contribution in [0.5, 0.6) is 0 Å². The Balaban J connectivity index is 2.66. The highest BCUT2D eigenvalue weighted by atomic mass is 16.7. The fourth-order valence-electron chi connectivity index (χ4n) is 1.26. The van der Waals surface area contributed by atoms with E-state index in [2.05, 4.69) is 0 Å². The molecule has 4 N–H and O–H groups in total. The molecule has 0 aromatic carbocycles. The third-order valence-corrected chi connectivity index (χ3v) is 2.08. The van der Waals surface area contributed by atoms with Gasteiger partial charge < -0.3 is 29.9 Å². The van der Waals surface area contributed by atoms with Crippen LogP contribution >= 0.6 is 0 Å². The third-order valence-electron chi connectivity index (χ3n) is 2.08. The van der Waals surface area contributed by atoms with Gasteiger partial charge in [0.1, 0.15) is 24.4 Å². The Kier molecular flexibility index (Phi) is 3.60.